The number of hydrogen-bond acceptors (Lipinski definition) is 5. The standard InChI is InChI=1S/C12H22N4O/c1-5-17-7-6-10-14-9(12(2,3)4)8-11(15-10)16-13/h8H,5-7,13H2,1-4H3,(H,14,15,16). The normalized spacial score (nSPS) is 11.6. The van der Waals surface area contributed by atoms with E-state index in [4.69, 9.17) is 10.6 Å². The largest absolute Gasteiger partial charge is 0.381 e. The smallest absolute Gasteiger partial charge is 0.143 e. The maximum absolute atomic E-state index is 5.41. The Morgan fingerprint density at radius 1 is 1.35 bits per heavy atom. The van der Waals surface area contributed by atoms with Crippen molar-refractivity contribution in [2.45, 2.75) is 39.5 Å². The Bertz CT molecular complexity index is 360. The summed E-state index contributed by atoms with van der Waals surface area (Å²) in [4.78, 5) is 8.85. The summed E-state index contributed by atoms with van der Waals surface area (Å²) < 4.78 is 5.30. The van der Waals surface area contributed by atoms with Crippen LogP contribution in [0.1, 0.15) is 39.2 Å². The van der Waals surface area contributed by atoms with E-state index in [0.717, 1.165) is 11.5 Å². The molecule has 0 spiro atoms. The van der Waals surface area contributed by atoms with E-state index in [2.05, 4.69) is 36.2 Å². The van der Waals surface area contributed by atoms with Gasteiger partial charge in [-0.05, 0) is 6.92 Å². The number of hydrazine groups is 1. The molecule has 96 valence electrons. The zero-order valence-electron chi connectivity index (χ0n) is 11.1. The van der Waals surface area contributed by atoms with Gasteiger partial charge in [-0.25, -0.2) is 15.8 Å². The molecule has 0 fully saturated rings. The summed E-state index contributed by atoms with van der Waals surface area (Å²) >= 11 is 0. The number of nitrogens with one attached hydrogen (secondary N) is 1. The molecule has 0 aromatic carbocycles. The van der Waals surface area contributed by atoms with E-state index < -0.39 is 0 Å². The van der Waals surface area contributed by atoms with Gasteiger partial charge in [-0.3, -0.25) is 0 Å². The third kappa shape index (κ3) is 4.28. The fraction of sp³-hybridized carbons (Fsp3) is 0.667. The fourth-order valence-corrected chi connectivity index (χ4v) is 1.37. The van der Waals surface area contributed by atoms with Crippen molar-refractivity contribution in [1.82, 2.24) is 9.97 Å². The second-order valence-corrected chi connectivity index (χ2v) is 4.90. The van der Waals surface area contributed by atoms with Gasteiger partial charge in [0.25, 0.3) is 0 Å². The van der Waals surface area contributed by atoms with Crippen molar-refractivity contribution in [1.29, 1.82) is 0 Å². The molecule has 17 heavy (non-hydrogen) atoms. The van der Waals surface area contributed by atoms with Crippen LogP contribution in [0, 0.1) is 0 Å². The third-order valence-electron chi connectivity index (χ3n) is 2.36. The highest BCUT2D eigenvalue weighted by atomic mass is 16.5. The molecular formula is C12H22N4O. The van der Waals surface area contributed by atoms with Gasteiger partial charge in [0, 0.05) is 24.5 Å². The van der Waals surface area contributed by atoms with Crippen LogP contribution in [-0.2, 0) is 16.6 Å². The monoisotopic (exact) mass is 238 g/mol. The lowest BCUT2D eigenvalue weighted by molar-refractivity contribution is 0.149. The first-order valence-electron chi connectivity index (χ1n) is 5.90. The van der Waals surface area contributed by atoms with Crippen molar-refractivity contribution in [3.8, 4) is 0 Å². The molecule has 5 nitrogen and oxygen atoms in total. The van der Waals surface area contributed by atoms with E-state index in [-0.39, 0.29) is 5.41 Å². The number of anilines is 1. The predicted molar refractivity (Wildman–Crippen MR) is 68.7 cm³/mol. The van der Waals surface area contributed by atoms with Crippen LogP contribution in [0.4, 0.5) is 5.82 Å². The van der Waals surface area contributed by atoms with Crippen molar-refractivity contribution < 1.29 is 4.74 Å². The van der Waals surface area contributed by atoms with Gasteiger partial charge in [0.05, 0.1) is 12.3 Å². The van der Waals surface area contributed by atoms with Crippen LogP contribution in [0.5, 0.6) is 0 Å². The highest BCUT2D eigenvalue weighted by Gasteiger charge is 2.17. The summed E-state index contributed by atoms with van der Waals surface area (Å²) in [6, 6.07) is 1.88. The number of aromatic nitrogens is 2. The Morgan fingerprint density at radius 3 is 2.59 bits per heavy atom. The molecule has 3 N–H and O–H groups in total. The SMILES string of the molecule is CCOCCc1nc(NN)cc(C(C)(C)C)n1. The van der Waals surface area contributed by atoms with Crippen LogP contribution < -0.4 is 11.3 Å². The zero-order chi connectivity index (χ0) is 12.9. The molecule has 0 atom stereocenters. The molecule has 0 amide bonds. The Labute approximate surface area is 103 Å². The Kier molecular flexibility index (Phi) is 4.84. The van der Waals surface area contributed by atoms with Crippen LogP contribution in [0.25, 0.3) is 0 Å². The summed E-state index contributed by atoms with van der Waals surface area (Å²) in [7, 11) is 0. The lowest BCUT2D eigenvalue weighted by Crippen LogP contribution is -2.19. The lowest BCUT2D eigenvalue weighted by Gasteiger charge is -2.19. The van der Waals surface area contributed by atoms with Crippen LogP contribution in [0.3, 0.4) is 0 Å². The van der Waals surface area contributed by atoms with Gasteiger partial charge in [0.15, 0.2) is 0 Å². The molecule has 0 unspecified atom stereocenters. The van der Waals surface area contributed by atoms with Crippen LogP contribution in [-0.4, -0.2) is 23.2 Å². The Hall–Kier alpha value is -1.20. The van der Waals surface area contributed by atoms with Gasteiger partial charge in [-0.1, -0.05) is 20.8 Å². The van der Waals surface area contributed by atoms with Crippen molar-refractivity contribution in [3.63, 3.8) is 0 Å². The molecule has 0 aliphatic carbocycles. The summed E-state index contributed by atoms with van der Waals surface area (Å²) in [6.45, 7) is 9.65. The minimum atomic E-state index is -0.0189. The van der Waals surface area contributed by atoms with Gasteiger partial charge in [-0.2, -0.15) is 0 Å². The highest BCUT2D eigenvalue weighted by molar-refractivity contribution is 5.36. The molecule has 0 saturated heterocycles. The predicted octanol–water partition coefficient (Wildman–Crippen LogP) is 1.64. The fourth-order valence-electron chi connectivity index (χ4n) is 1.37. The number of ether oxygens (including phenoxy) is 1. The molecule has 1 aromatic heterocycles. The van der Waals surface area contributed by atoms with Crippen LogP contribution in [0.15, 0.2) is 6.07 Å². The number of hydrogen-bond donors (Lipinski definition) is 2. The third-order valence-corrected chi connectivity index (χ3v) is 2.36. The van der Waals surface area contributed by atoms with E-state index in [0.29, 0.717) is 25.5 Å². The number of nitrogen functional groups attached to an aromatic ring is 1. The van der Waals surface area contributed by atoms with Gasteiger partial charge in [0.2, 0.25) is 0 Å². The van der Waals surface area contributed by atoms with Crippen molar-refractivity contribution in [3.05, 3.63) is 17.6 Å². The molecule has 5 heteroatoms. The van der Waals surface area contributed by atoms with E-state index in [1.165, 1.54) is 0 Å². The Morgan fingerprint density at radius 2 is 2.06 bits per heavy atom. The molecule has 1 rings (SSSR count). The molecule has 1 heterocycles. The van der Waals surface area contributed by atoms with Gasteiger partial charge >= 0.3 is 0 Å². The average molecular weight is 238 g/mol. The quantitative estimate of drug-likeness (QED) is 0.463. The minimum Gasteiger partial charge on any atom is -0.381 e. The van der Waals surface area contributed by atoms with Gasteiger partial charge in [0.1, 0.15) is 11.6 Å². The van der Waals surface area contributed by atoms with E-state index >= 15 is 0 Å². The molecule has 0 saturated carbocycles. The molecular weight excluding hydrogens is 216 g/mol. The zero-order valence-corrected chi connectivity index (χ0v) is 11.1. The van der Waals surface area contributed by atoms with Crippen molar-refractivity contribution in [2.75, 3.05) is 18.6 Å². The molecule has 1 aromatic rings. The average Bonchev–Trinajstić information content (AvgIpc) is 2.28. The van der Waals surface area contributed by atoms with Gasteiger partial charge < -0.3 is 10.2 Å². The second kappa shape index (κ2) is 5.93. The first-order valence-corrected chi connectivity index (χ1v) is 5.90. The number of nitrogens with zero attached hydrogens (tertiary/aromatic N) is 2. The van der Waals surface area contributed by atoms with Crippen LogP contribution in [0.2, 0.25) is 0 Å². The molecule has 0 aliphatic rings. The van der Waals surface area contributed by atoms with Crippen LogP contribution >= 0.6 is 0 Å². The van der Waals surface area contributed by atoms with E-state index in [1.54, 1.807) is 0 Å². The Balaban J connectivity index is 2.89. The maximum atomic E-state index is 5.41. The van der Waals surface area contributed by atoms with Crippen molar-refractivity contribution >= 4 is 5.82 Å². The topological polar surface area (TPSA) is 73.1 Å². The summed E-state index contributed by atoms with van der Waals surface area (Å²) in [5, 5.41) is 0. The summed E-state index contributed by atoms with van der Waals surface area (Å²) in [5.74, 6) is 6.83. The first kappa shape index (κ1) is 13.9. The summed E-state index contributed by atoms with van der Waals surface area (Å²) in [6.07, 6.45) is 0.701. The molecule has 0 bridgehead atoms. The van der Waals surface area contributed by atoms with E-state index in [1.807, 2.05) is 13.0 Å². The molecule has 0 radical (unpaired) electrons. The second-order valence-electron chi connectivity index (χ2n) is 4.90. The van der Waals surface area contributed by atoms with Gasteiger partial charge in [-0.15, -0.1) is 0 Å². The minimum absolute atomic E-state index is 0.0189. The lowest BCUT2D eigenvalue weighted by atomic mass is 9.92. The first-order chi connectivity index (χ1) is 7.97. The van der Waals surface area contributed by atoms with E-state index in [9.17, 15) is 0 Å². The number of rotatable bonds is 5. The molecule has 0 aliphatic heterocycles. The maximum Gasteiger partial charge on any atom is 0.143 e. The van der Waals surface area contributed by atoms with Crippen molar-refractivity contribution in [2.24, 2.45) is 5.84 Å². The number of nitrogens with two attached hydrogens (primary N) is 1. The highest BCUT2D eigenvalue weighted by Crippen LogP contribution is 2.22. The summed E-state index contributed by atoms with van der Waals surface area (Å²) in [5.41, 5.74) is 3.54.